The second kappa shape index (κ2) is 4.87. The molecule has 0 spiro atoms. The first-order chi connectivity index (χ1) is 10.7. The summed E-state index contributed by atoms with van der Waals surface area (Å²) in [5.41, 5.74) is 1.59. The molecule has 6 heteroatoms. The highest BCUT2D eigenvalue weighted by Crippen LogP contribution is 2.32. The van der Waals surface area contributed by atoms with Gasteiger partial charge < -0.3 is 4.42 Å². The standard InChI is InChI=1S/C16H8Cl2N2O2/c17-10-5-3-6-11(13(10)18)20-8-19-14-15(20)9-4-1-2-7-12(9)22-16(14)21/h1-8H. The summed E-state index contributed by atoms with van der Waals surface area (Å²) in [5, 5.41) is 1.62. The lowest BCUT2D eigenvalue weighted by Crippen LogP contribution is -2.01. The van der Waals surface area contributed by atoms with Crippen molar-refractivity contribution in [2.45, 2.75) is 0 Å². The average Bonchev–Trinajstić information content (AvgIpc) is 2.96. The van der Waals surface area contributed by atoms with Crippen LogP contribution in [0.4, 0.5) is 0 Å². The third-order valence-corrected chi connectivity index (χ3v) is 4.31. The average molecular weight is 331 g/mol. The van der Waals surface area contributed by atoms with E-state index in [2.05, 4.69) is 4.98 Å². The molecule has 4 nitrogen and oxygen atoms in total. The van der Waals surface area contributed by atoms with Crippen LogP contribution in [0.25, 0.3) is 27.7 Å². The predicted octanol–water partition coefficient (Wildman–Crippen LogP) is 4.44. The lowest BCUT2D eigenvalue weighted by atomic mass is 10.2. The molecule has 0 bridgehead atoms. The van der Waals surface area contributed by atoms with Gasteiger partial charge in [-0.25, -0.2) is 9.78 Å². The van der Waals surface area contributed by atoms with Gasteiger partial charge in [-0.3, -0.25) is 4.57 Å². The number of nitrogens with zero attached hydrogens (tertiary/aromatic N) is 2. The van der Waals surface area contributed by atoms with Crippen LogP contribution >= 0.6 is 23.2 Å². The first kappa shape index (κ1) is 13.4. The smallest absolute Gasteiger partial charge is 0.364 e. The Morgan fingerprint density at radius 3 is 2.73 bits per heavy atom. The van der Waals surface area contributed by atoms with Crippen molar-refractivity contribution in [1.82, 2.24) is 9.55 Å². The van der Waals surface area contributed by atoms with E-state index in [0.29, 0.717) is 26.8 Å². The van der Waals surface area contributed by atoms with E-state index >= 15 is 0 Å². The topological polar surface area (TPSA) is 48.0 Å². The van der Waals surface area contributed by atoms with Gasteiger partial charge in [0.1, 0.15) is 11.9 Å². The fourth-order valence-corrected chi connectivity index (χ4v) is 2.90. The summed E-state index contributed by atoms with van der Waals surface area (Å²) < 4.78 is 7.04. The van der Waals surface area contributed by atoms with E-state index in [9.17, 15) is 4.79 Å². The Morgan fingerprint density at radius 1 is 1.05 bits per heavy atom. The van der Waals surface area contributed by atoms with Gasteiger partial charge >= 0.3 is 5.63 Å². The Labute approximate surface area is 134 Å². The highest BCUT2D eigenvalue weighted by molar-refractivity contribution is 6.43. The SMILES string of the molecule is O=c1oc2ccccc2c2c1ncn2-c1cccc(Cl)c1Cl. The lowest BCUT2D eigenvalue weighted by Gasteiger charge is -2.09. The van der Waals surface area contributed by atoms with Crippen LogP contribution in [0.3, 0.4) is 0 Å². The molecular formula is C16H8Cl2N2O2. The summed E-state index contributed by atoms with van der Waals surface area (Å²) in [5.74, 6) is 0. The number of benzene rings is 2. The predicted molar refractivity (Wildman–Crippen MR) is 87.1 cm³/mol. The second-order valence-corrected chi connectivity index (χ2v) is 5.56. The van der Waals surface area contributed by atoms with Crippen LogP contribution in [0.5, 0.6) is 0 Å². The molecule has 108 valence electrons. The molecule has 0 aliphatic carbocycles. The van der Waals surface area contributed by atoms with Gasteiger partial charge in [-0.2, -0.15) is 0 Å². The van der Waals surface area contributed by atoms with Gasteiger partial charge in [-0.05, 0) is 24.3 Å². The molecule has 2 aromatic heterocycles. The van der Waals surface area contributed by atoms with Crippen LogP contribution < -0.4 is 5.63 Å². The van der Waals surface area contributed by atoms with Gasteiger partial charge in [-0.15, -0.1) is 0 Å². The third kappa shape index (κ3) is 1.85. The van der Waals surface area contributed by atoms with Crippen molar-refractivity contribution in [2.24, 2.45) is 0 Å². The number of para-hydroxylation sites is 1. The zero-order chi connectivity index (χ0) is 15.3. The molecule has 0 amide bonds. The van der Waals surface area contributed by atoms with E-state index in [1.54, 1.807) is 29.1 Å². The van der Waals surface area contributed by atoms with Crippen molar-refractivity contribution < 1.29 is 4.42 Å². The zero-order valence-corrected chi connectivity index (χ0v) is 12.6. The van der Waals surface area contributed by atoms with Gasteiger partial charge in [0, 0.05) is 5.39 Å². The first-order valence-electron chi connectivity index (χ1n) is 6.50. The Kier molecular flexibility index (Phi) is 2.96. The number of hydrogen-bond donors (Lipinski definition) is 0. The zero-order valence-electron chi connectivity index (χ0n) is 11.1. The molecular weight excluding hydrogens is 323 g/mol. The maximum absolute atomic E-state index is 12.1. The minimum absolute atomic E-state index is 0.259. The molecule has 0 N–H and O–H groups in total. The highest BCUT2D eigenvalue weighted by atomic mass is 35.5. The van der Waals surface area contributed by atoms with Crippen molar-refractivity contribution in [3.05, 3.63) is 69.3 Å². The Bertz CT molecular complexity index is 1080. The molecule has 0 aliphatic rings. The minimum Gasteiger partial charge on any atom is -0.421 e. The fourth-order valence-electron chi connectivity index (χ4n) is 2.52. The van der Waals surface area contributed by atoms with E-state index in [0.717, 1.165) is 5.39 Å². The van der Waals surface area contributed by atoms with Crippen LogP contribution in [0, 0.1) is 0 Å². The molecule has 2 heterocycles. The van der Waals surface area contributed by atoms with Crippen LogP contribution in [0.15, 0.2) is 58.0 Å². The largest absolute Gasteiger partial charge is 0.421 e. The summed E-state index contributed by atoms with van der Waals surface area (Å²) >= 11 is 12.4. The van der Waals surface area contributed by atoms with Crippen LogP contribution in [-0.2, 0) is 0 Å². The van der Waals surface area contributed by atoms with Crippen molar-refractivity contribution in [3.63, 3.8) is 0 Å². The fraction of sp³-hybridized carbons (Fsp3) is 0. The number of hydrogen-bond acceptors (Lipinski definition) is 3. The summed E-state index contributed by atoms with van der Waals surface area (Å²) in [6.07, 6.45) is 1.55. The van der Waals surface area contributed by atoms with Gasteiger partial charge in [0.15, 0.2) is 5.52 Å². The Hall–Kier alpha value is -2.30. The Morgan fingerprint density at radius 2 is 1.86 bits per heavy atom. The van der Waals surface area contributed by atoms with Crippen molar-refractivity contribution in [3.8, 4) is 5.69 Å². The number of halogens is 2. The molecule has 4 aromatic rings. The summed E-state index contributed by atoms with van der Waals surface area (Å²) in [6, 6.07) is 12.6. The van der Waals surface area contributed by atoms with Gasteiger partial charge in [0.2, 0.25) is 0 Å². The minimum atomic E-state index is -0.481. The van der Waals surface area contributed by atoms with Gasteiger partial charge in [0.25, 0.3) is 0 Å². The van der Waals surface area contributed by atoms with Crippen LogP contribution in [0.1, 0.15) is 0 Å². The van der Waals surface area contributed by atoms with E-state index in [-0.39, 0.29) is 5.52 Å². The highest BCUT2D eigenvalue weighted by Gasteiger charge is 2.16. The molecule has 0 saturated carbocycles. The molecule has 0 aliphatic heterocycles. The maximum Gasteiger partial charge on any atom is 0.364 e. The molecule has 22 heavy (non-hydrogen) atoms. The lowest BCUT2D eigenvalue weighted by molar-refractivity contribution is 0.568. The maximum atomic E-state index is 12.1. The monoisotopic (exact) mass is 330 g/mol. The van der Waals surface area contributed by atoms with E-state index < -0.39 is 5.63 Å². The van der Waals surface area contributed by atoms with Gasteiger partial charge in [0.05, 0.1) is 21.2 Å². The van der Waals surface area contributed by atoms with E-state index in [1.165, 1.54) is 0 Å². The van der Waals surface area contributed by atoms with E-state index in [4.69, 9.17) is 27.6 Å². The Balaban J connectivity index is 2.20. The number of fused-ring (bicyclic) bond motifs is 3. The number of rotatable bonds is 1. The van der Waals surface area contributed by atoms with Crippen molar-refractivity contribution in [1.29, 1.82) is 0 Å². The number of imidazole rings is 1. The summed E-state index contributed by atoms with van der Waals surface area (Å²) in [7, 11) is 0. The van der Waals surface area contributed by atoms with Crippen LogP contribution in [0.2, 0.25) is 10.0 Å². The molecule has 0 unspecified atom stereocenters. The number of aromatic nitrogens is 2. The normalized spacial score (nSPS) is 11.4. The molecule has 2 aromatic carbocycles. The van der Waals surface area contributed by atoms with Crippen LogP contribution in [-0.4, -0.2) is 9.55 Å². The molecule has 0 fully saturated rings. The quantitative estimate of drug-likeness (QED) is 0.485. The second-order valence-electron chi connectivity index (χ2n) is 4.77. The van der Waals surface area contributed by atoms with Gasteiger partial charge in [-0.1, -0.05) is 41.4 Å². The molecule has 0 radical (unpaired) electrons. The molecule has 4 rings (SSSR count). The van der Waals surface area contributed by atoms with Crippen molar-refractivity contribution in [2.75, 3.05) is 0 Å². The van der Waals surface area contributed by atoms with Crippen molar-refractivity contribution >= 4 is 45.2 Å². The molecule has 0 atom stereocenters. The molecule has 0 saturated heterocycles. The summed E-state index contributed by atoms with van der Waals surface area (Å²) in [6.45, 7) is 0. The third-order valence-electron chi connectivity index (χ3n) is 3.50. The summed E-state index contributed by atoms with van der Waals surface area (Å²) in [4.78, 5) is 16.3. The van der Waals surface area contributed by atoms with E-state index in [1.807, 2.05) is 24.3 Å². The first-order valence-corrected chi connectivity index (χ1v) is 7.25.